The van der Waals surface area contributed by atoms with Gasteiger partial charge in [-0.1, -0.05) is 26.0 Å². The Hall–Kier alpha value is -1.06. The van der Waals surface area contributed by atoms with E-state index in [9.17, 15) is 0 Å². The normalized spacial score (nSPS) is 20.1. The van der Waals surface area contributed by atoms with Gasteiger partial charge in [0, 0.05) is 25.2 Å². The molecule has 1 fully saturated rings. The van der Waals surface area contributed by atoms with Gasteiger partial charge in [-0.3, -0.25) is 0 Å². The molecule has 19 heavy (non-hydrogen) atoms. The minimum absolute atomic E-state index is 0.586. The predicted octanol–water partition coefficient (Wildman–Crippen LogP) is 2.31. The Labute approximate surface area is 116 Å². The smallest absolute Gasteiger partial charge is 0.119 e. The van der Waals surface area contributed by atoms with Crippen molar-refractivity contribution < 1.29 is 4.74 Å². The average Bonchev–Trinajstić information content (AvgIpc) is 2.83. The summed E-state index contributed by atoms with van der Waals surface area (Å²) < 4.78 is 5.26. The van der Waals surface area contributed by atoms with Gasteiger partial charge in [0.15, 0.2) is 0 Å². The minimum atomic E-state index is 0.586. The zero-order valence-electron chi connectivity index (χ0n) is 12.4. The van der Waals surface area contributed by atoms with E-state index in [0.29, 0.717) is 12.1 Å². The lowest BCUT2D eigenvalue weighted by Gasteiger charge is -2.18. The van der Waals surface area contributed by atoms with Crippen LogP contribution < -0.4 is 10.1 Å². The molecule has 1 unspecified atom stereocenters. The second kappa shape index (κ2) is 6.92. The Morgan fingerprint density at radius 1 is 1.42 bits per heavy atom. The summed E-state index contributed by atoms with van der Waals surface area (Å²) in [5.74, 6) is 0.957. The van der Waals surface area contributed by atoms with Crippen molar-refractivity contribution in [3.8, 4) is 5.75 Å². The van der Waals surface area contributed by atoms with E-state index in [1.165, 1.54) is 25.1 Å². The van der Waals surface area contributed by atoms with Crippen molar-refractivity contribution in [1.29, 1.82) is 0 Å². The van der Waals surface area contributed by atoms with Crippen LogP contribution in [0.2, 0.25) is 0 Å². The van der Waals surface area contributed by atoms with Gasteiger partial charge in [0.1, 0.15) is 5.75 Å². The molecule has 1 aromatic rings. The molecule has 3 heteroatoms. The summed E-state index contributed by atoms with van der Waals surface area (Å²) in [6.07, 6.45) is 2.38. The molecule has 1 N–H and O–H groups in total. The number of ether oxygens (including phenoxy) is 1. The molecule has 1 aromatic carbocycles. The van der Waals surface area contributed by atoms with Gasteiger partial charge in [-0.05, 0) is 37.1 Å². The molecule has 106 valence electrons. The van der Waals surface area contributed by atoms with Crippen LogP contribution in [-0.2, 0) is 6.42 Å². The second-order valence-corrected chi connectivity index (χ2v) is 5.71. The molecular weight excluding hydrogens is 236 g/mol. The molecule has 0 spiro atoms. The standard InChI is InChI=1S/C16H26N2O/c1-13(2)17-15-8-10-18(12-15)9-7-14-5-4-6-16(11-14)19-3/h4-6,11,13,15,17H,7-10,12H2,1-3H3. The summed E-state index contributed by atoms with van der Waals surface area (Å²) in [4.78, 5) is 2.56. The summed E-state index contributed by atoms with van der Waals surface area (Å²) in [6.45, 7) is 7.98. The topological polar surface area (TPSA) is 24.5 Å². The zero-order valence-corrected chi connectivity index (χ0v) is 12.4. The number of nitrogens with zero attached hydrogens (tertiary/aromatic N) is 1. The van der Waals surface area contributed by atoms with Gasteiger partial charge in [-0.2, -0.15) is 0 Å². The molecule has 2 rings (SSSR count). The molecule has 0 saturated carbocycles. The second-order valence-electron chi connectivity index (χ2n) is 5.71. The highest BCUT2D eigenvalue weighted by Gasteiger charge is 2.22. The highest BCUT2D eigenvalue weighted by atomic mass is 16.5. The lowest BCUT2D eigenvalue weighted by Crippen LogP contribution is -2.37. The first-order valence-electron chi connectivity index (χ1n) is 7.28. The van der Waals surface area contributed by atoms with E-state index in [-0.39, 0.29) is 0 Å². The number of nitrogens with one attached hydrogen (secondary N) is 1. The van der Waals surface area contributed by atoms with Crippen molar-refractivity contribution in [2.75, 3.05) is 26.7 Å². The van der Waals surface area contributed by atoms with Gasteiger partial charge in [0.2, 0.25) is 0 Å². The lowest BCUT2D eigenvalue weighted by atomic mass is 10.1. The van der Waals surface area contributed by atoms with E-state index in [1.807, 2.05) is 6.07 Å². The predicted molar refractivity (Wildman–Crippen MR) is 79.8 cm³/mol. The van der Waals surface area contributed by atoms with E-state index in [0.717, 1.165) is 18.7 Å². The summed E-state index contributed by atoms with van der Waals surface area (Å²) in [7, 11) is 1.72. The minimum Gasteiger partial charge on any atom is -0.497 e. The number of likely N-dealkylation sites (tertiary alicyclic amines) is 1. The first kappa shape index (κ1) is 14.4. The fraction of sp³-hybridized carbons (Fsp3) is 0.625. The molecular formula is C16H26N2O. The Bertz CT molecular complexity index is 392. The summed E-state index contributed by atoms with van der Waals surface area (Å²) in [5, 5.41) is 3.63. The number of methoxy groups -OCH3 is 1. The van der Waals surface area contributed by atoms with Crippen molar-refractivity contribution in [3.63, 3.8) is 0 Å². The number of rotatable bonds is 6. The van der Waals surface area contributed by atoms with E-state index in [4.69, 9.17) is 4.74 Å². The van der Waals surface area contributed by atoms with Crippen molar-refractivity contribution in [1.82, 2.24) is 10.2 Å². The van der Waals surface area contributed by atoms with Crippen LogP contribution in [0, 0.1) is 0 Å². The van der Waals surface area contributed by atoms with Gasteiger partial charge in [-0.25, -0.2) is 0 Å². The van der Waals surface area contributed by atoms with Gasteiger partial charge in [0.25, 0.3) is 0 Å². The average molecular weight is 262 g/mol. The monoisotopic (exact) mass is 262 g/mol. The fourth-order valence-electron chi connectivity index (χ4n) is 2.76. The summed E-state index contributed by atoms with van der Waals surface area (Å²) in [6, 6.07) is 9.65. The maximum absolute atomic E-state index is 5.26. The zero-order chi connectivity index (χ0) is 13.7. The number of hydrogen-bond acceptors (Lipinski definition) is 3. The molecule has 1 saturated heterocycles. The van der Waals surface area contributed by atoms with Gasteiger partial charge in [0.05, 0.1) is 7.11 Å². The molecule has 1 heterocycles. The first-order valence-corrected chi connectivity index (χ1v) is 7.28. The molecule has 0 bridgehead atoms. The molecule has 1 atom stereocenters. The molecule has 0 radical (unpaired) electrons. The van der Waals surface area contributed by atoms with Crippen LogP contribution in [0.5, 0.6) is 5.75 Å². The van der Waals surface area contributed by atoms with E-state index in [2.05, 4.69) is 42.3 Å². The molecule has 1 aliphatic heterocycles. The first-order chi connectivity index (χ1) is 9.17. The third-order valence-electron chi connectivity index (χ3n) is 3.69. The maximum atomic E-state index is 5.26. The molecule has 3 nitrogen and oxygen atoms in total. The third-order valence-corrected chi connectivity index (χ3v) is 3.69. The van der Waals surface area contributed by atoms with E-state index < -0.39 is 0 Å². The fourth-order valence-corrected chi connectivity index (χ4v) is 2.76. The quantitative estimate of drug-likeness (QED) is 0.851. The third kappa shape index (κ3) is 4.51. The van der Waals surface area contributed by atoms with Crippen molar-refractivity contribution >= 4 is 0 Å². The van der Waals surface area contributed by atoms with Crippen LogP contribution in [0.15, 0.2) is 24.3 Å². The number of benzene rings is 1. The maximum Gasteiger partial charge on any atom is 0.119 e. The van der Waals surface area contributed by atoms with Crippen LogP contribution in [0.4, 0.5) is 0 Å². The SMILES string of the molecule is COc1cccc(CCN2CCC(NC(C)C)C2)c1. The lowest BCUT2D eigenvalue weighted by molar-refractivity contribution is 0.328. The largest absolute Gasteiger partial charge is 0.497 e. The Balaban J connectivity index is 1.77. The van der Waals surface area contributed by atoms with Crippen molar-refractivity contribution in [2.24, 2.45) is 0 Å². The molecule has 1 aliphatic rings. The highest BCUT2D eigenvalue weighted by Crippen LogP contribution is 2.15. The molecule has 0 aromatic heterocycles. The van der Waals surface area contributed by atoms with Crippen LogP contribution in [0.1, 0.15) is 25.8 Å². The highest BCUT2D eigenvalue weighted by molar-refractivity contribution is 5.28. The van der Waals surface area contributed by atoms with Gasteiger partial charge >= 0.3 is 0 Å². The van der Waals surface area contributed by atoms with Crippen molar-refractivity contribution in [2.45, 2.75) is 38.8 Å². The Morgan fingerprint density at radius 3 is 3.00 bits per heavy atom. The molecule has 0 amide bonds. The van der Waals surface area contributed by atoms with Crippen LogP contribution in [0.3, 0.4) is 0 Å². The Morgan fingerprint density at radius 2 is 2.26 bits per heavy atom. The van der Waals surface area contributed by atoms with E-state index >= 15 is 0 Å². The van der Waals surface area contributed by atoms with Crippen LogP contribution in [-0.4, -0.2) is 43.7 Å². The van der Waals surface area contributed by atoms with Crippen LogP contribution in [0.25, 0.3) is 0 Å². The van der Waals surface area contributed by atoms with Gasteiger partial charge in [-0.15, -0.1) is 0 Å². The van der Waals surface area contributed by atoms with E-state index in [1.54, 1.807) is 7.11 Å². The molecule has 0 aliphatic carbocycles. The Kier molecular flexibility index (Phi) is 5.23. The number of hydrogen-bond donors (Lipinski definition) is 1. The van der Waals surface area contributed by atoms with Gasteiger partial charge < -0.3 is 15.0 Å². The summed E-state index contributed by atoms with van der Waals surface area (Å²) in [5.41, 5.74) is 1.36. The van der Waals surface area contributed by atoms with Crippen LogP contribution >= 0.6 is 0 Å². The van der Waals surface area contributed by atoms with Crippen molar-refractivity contribution in [3.05, 3.63) is 29.8 Å². The summed E-state index contributed by atoms with van der Waals surface area (Å²) >= 11 is 0.